The van der Waals surface area contributed by atoms with Crippen molar-refractivity contribution in [3.8, 4) is 0 Å². The molecule has 0 heterocycles. The summed E-state index contributed by atoms with van der Waals surface area (Å²) in [5, 5.41) is 0. The lowest BCUT2D eigenvalue weighted by atomic mass is 10.0. The fourth-order valence-electron chi connectivity index (χ4n) is 6.47. The van der Waals surface area contributed by atoms with Crippen molar-refractivity contribution in [1.82, 2.24) is 0 Å². The maximum atomic E-state index is 12.8. The molecular formula is C44H79ClO10. The van der Waals surface area contributed by atoms with Crippen LogP contribution in [-0.4, -0.2) is 54.9 Å². The average Bonchev–Trinajstić information content (AvgIpc) is 3.12. The van der Waals surface area contributed by atoms with E-state index in [1.807, 2.05) is 0 Å². The van der Waals surface area contributed by atoms with Crippen LogP contribution < -0.4 is 0 Å². The van der Waals surface area contributed by atoms with Gasteiger partial charge in [0.25, 0.3) is 0 Å². The number of carbonyl (C=O) groups excluding carboxylic acids is 5. The number of rotatable bonds is 39. The fourth-order valence-corrected chi connectivity index (χ4v) is 6.59. The molecule has 0 aromatic rings. The normalized spacial score (nSPS) is 12.3. The van der Waals surface area contributed by atoms with Crippen LogP contribution in [0, 0.1) is 5.92 Å². The Morgan fingerprint density at radius 3 is 1.05 bits per heavy atom. The third-order valence-corrected chi connectivity index (χ3v) is 9.80. The smallest absolute Gasteiger partial charge is 0.406 e. The zero-order valence-electron chi connectivity index (χ0n) is 35.3. The highest BCUT2D eigenvalue weighted by molar-refractivity contribution is 6.61. The number of hydrogen-bond acceptors (Lipinski definition) is 10. The van der Waals surface area contributed by atoms with Gasteiger partial charge in [0.2, 0.25) is 6.29 Å². The summed E-state index contributed by atoms with van der Waals surface area (Å²) in [4.78, 5) is 60.8. The number of halogens is 1. The molecule has 0 spiro atoms. The quantitative estimate of drug-likeness (QED) is 0.0194. The first kappa shape index (κ1) is 52.6. The minimum Gasteiger partial charge on any atom is -0.462 e. The minimum absolute atomic E-state index is 0.130. The molecule has 0 aromatic heterocycles. The molecule has 55 heavy (non-hydrogen) atoms. The molecule has 0 saturated heterocycles. The first-order valence-electron chi connectivity index (χ1n) is 22.1. The van der Waals surface area contributed by atoms with Crippen molar-refractivity contribution in [2.24, 2.45) is 5.92 Å². The van der Waals surface area contributed by atoms with E-state index >= 15 is 0 Å². The summed E-state index contributed by atoms with van der Waals surface area (Å²) in [5.74, 6) is -2.54. The Kier molecular flexibility index (Phi) is 36.9. The summed E-state index contributed by atoms with van der Waals surface area (Å²) < 4.78 is 26.0. The van der Waals surface area contributed by atoms with Crippen molar-refractivity contribution in [2.45, 2.75) is 233 Å². The molecule has 0 aliphatic carbocycles. The predicted molar refractivity (Wildman–Crippen MR) is 219 cm³/mol. The second-order valence-corrected chi connectivity index (χ2v) is 15.7. The highest BCUT2D eigenvalue weighted by Gasteiger charge is 2.23. The van der Waals surface area contributed by atoms with Crippen LogP contribution in [0.25, 0.3) is 0 Å². The van der Waals surface area contributed by atoms with Gasteiger partial charge in [0.05, 0.1) is 0 Å². The molecule has 10 nitrogen and oxygen atoms in total. The highest BCUT2D eigenvalue weighted by atomic mass is 35.5. The van der Waals surface area contributed by atoms with Crippen molar-refractivity contribution in [3.63, 3.8) is 0 Å². The van der Waals surface area contributed by atoms with E-state index in [1.165, 1.54) is 135 Å². The van der Waals surface area contributed by atoms with E-state index in [-0.39, 0.29) is 50.8 Å². The van der Waals surface area contributed by atoms with E-state index in [1.54, 1.807) is 6.92 Å². The molecule has 322 valence electrons. The summed E-state index contributed by atoms with van der Waals surface area (Å²) in [6, 6.07) is 0. The molecule has 2 unspecified atom stereocenters. The summed E-state index contributed by atoms with van der Waals surface area (Å²) in [6.07, 6.45) is 29.6. The molecule has 0 bridgehead atoms. The molecule has 0 rings (SSSR count). The summed E-state index contributed by atoms with van der Waals surface area (Å²) in [7, 11) is 0. The topological polar surface area (TPSA) is 132 Å². The van der Waals surface area contributed by atoms with Gasteiger partial charge < -0.3 is 23.7 Å². The van der Waals surface area contributed by atoms with E-state index < -0.39 is 35.7 Å². The zero-order chi connectivity index (χ0) is 40.8. The third kappa shape index (κ3) is 38.3. The number of unbranched alkanes of at least 4 members (excludes halogenated alkanes) is 24. The Morgan fingerprint density at radius 1 is 0.418 bits per heavy atom. The standard InChI is InChI=1S/C44H79ClO10/c1-5-7-9-11-13-15-17-19-21-23-25-27-29-31-40(46)51-35-39(55-43(49)34-37(3)33-42(48)53-38(4)54-44(45)50)36-52-41(47)32-30-28-26-24-22-20-18-16-14-12-10-8-6-2/h37-39H,5-36H2,1-4H3. The van der Waals surface area contributed by atoms with Gasteiger partial charge >= 0.3 is 29.3 Å². The van der Waals surface area contributed by atoms with Gasteiger partial charge in [0.1, 0.15) is 13.2 Å². The second kappa shape index (κ2) is 38.5. The Labute approximate surface area is 339 Å². The summed E-state index contributed by atoms with van der Waals surface area (Å²) in [6.45, 7) is 7.04. The lowest BCUT2D eigenvalue weighted by Gasteiger charge is -2.19. The monoisotopic (exact) mass is 803 g/mol. The van der Waals surface area contributed by atoms with Gasteiger partial charge in [-0.05, 0) is 18.8 Å². The Bertz CT molecular complexity index is 928. The lowest BCUT2D eigenvalue weighted by molar-refractivity contribution is -0.169. The molecule has 0 radical (unpaired) electrons. The van der Waals surface area contributed by atoms with E-state index in [0.29, 0.717) is 0 Å². The lowest BCUT2D eigenvalue weighted by Crippen LogP contribution is -2.31. The van der Waals surface area contributed by atoms with Crippen LogP contribution in [0.15, 0.2) is 0 Å². The predicted octanol–water partition coefficient (Wildman–Crippen LogP) is 12.6. The van der Waals surface area contributed by atoms with E-state index in [9.17, 15) is 24.0 Å². The third-order valence-electron chi connectivity index (χ3n) is 9.71. The Hall–Kier alpha value is -2.36. The Morgan fingerprint density at radius 2 is 0.727 bits per heavy atom. The number of hydrogen-bond donors (Lipinski definition) is 0. The molecule has 0 aliphatic heterocycles. The minimum atomic E-state index is -1.16. The summed E-state index contributed by atoms with van der Waals surface area (Å²) >= 11 is 5.14. The van der Waals surface area contributed by atoms with Crippen molar-refractivity contribution < 1.29 is 47.7 Å². The molecular weight excluding hydrogens is 724 g/mol. The highest BCUT2D eigenvalue weighted by Crippen LogP contribution is 2.16. The number of ether oxygens (including phenoxy) is 5. The van der Waals surface area contributed by atoms with E-state index in [2.05, 4.69) is 18.6 Å². The second-order valence-electron chi connectivity index (χ2n) is 15.4. The average molecular weight is 804 g/mol. The van der Waals surface area contributed by atoms with Crippen molar-refractivity contribution in [1.29, 1.82) is 0 Å². The molecule has 0 aliphatic rings. The molecule has 0 N–H and O–H groups in total. The van der Waals surface area contributed by atoms with Crippen LogP contribution in [0.2, 0.25) is 0 Å². The van der Waals surface area contributed by atoms with Crippen LogP contribution in [0.1, 0.15) is 220 Å². The van der Waals surface area contributed by atoms with Gasteiger partial charge in [0, 0.05) is 44.2 Å². The van der Waals surface area contributed by atoms with Crippen LogP contribution in [0.3, 0.4) is 0 Å². The zero-order valence-corrected chi connectivity index (χ0v) is 36.1. The molecule has 0 saturated carbocycles. The largest absolute Gasteiger partial charge is 0.462 e. The van der Waals surface area contributed by atoms with Crippen molar-refractivity contribution in [3.05, 3.63) is 0 Å². The molecule has 0 aromatic carbocycles. The molecule has 11 heteroatoms. The Balaban J connectivity index is 4.54. The van der Waals surface area contributed by atoms with Gasteiger partial charge in [-0.2, -0.15) is 0 Å². The maximum Gasteiger partial charge on any atom is 0.406 e. The maximum absolute atomic E-state index is 12.8. The van der Waals surface area contributed by atoms with Crippen LogP contribution in [-0.2, 0) is 42.9 Å². The number of carbonyl (C=O) groups is 5. The van der Waals surface area contributed by atoms with Crippen LogP contribution in [0.5, 0.6) is 0 Å². The molecule has 2 atom stereocenters. The van der Waals surface area contributed by atoms with E-state index in [4.69, 9.17) is 30.5 Å². The van der Waals surface area contributed by atoms with Crippen LogP contribution in [0.4, 0.5) is 4.79 Å². The number of esters is 4. The van der Waals surface area contributed by atoms with Crippen molar-refractivity contribution >= 4 is 40.9 Å². The SMILES string of the molecule is CCCCCCCCCCCCCCCC(=O)OCC(COC(=O)CCCCCCCCCCCCCCC)OC(=O)CC(C)CC(=O)OC(C)OC(=O)Cl. The van der Waals surface area contributed by atoms with Gasteiger partial charge in [-0.3, -0.25) is 19.2 Å². The molecule has 0 amide bonds. The fraction of sp³-hybridized carbons (Fsp3) is 0.886. The first-order chi connectivity index (χ1) is 26.6. The van der Waals surface area contributed by atoms with Crippen molar-refractivity contribution in [2.75, 3.05) is 13.2 Å². The summed E-state index contributed by atoms with van der Waals surface area (Å²) in [5.41, 5.74) is -1.10. The van der Waals surface area contributed by atoms with Gasteiger partial charge in [-0.1, -0.05) is 175 Å². The first-order valence-corrected chi connectivity index (χ1v) is 22.5. The van der Waals surface area contributed by atoms with E-state index in [0.717, 1.165) is 38.5 Å². The van der Waals surface area contributed by atoms with Gasteiger partial charge in [-0.25, -0.2) is 4.79 Å². The van der Waals surface area contributed by atoms with Crippen LogP contribution >= 0.6 is 11.6 Å². The molecule has 0 fully saturated rings. The van der Waals surface area contributed by atoms with Gasteiger partial charge in [0.15, 0.2) is 6.10 Å². The van der Waals surface area contributed by atoms with Gasteiger partial charge in [-0.15, -0.1) is 0 Å².